The van der Waals surface area contributed by atoms with Crippen LogP contribution in [-0.4, -0.2) is 28.5 Å². The summed E-state index contributed by atoms with van der Waals surface area (Å²) in [5.41, 5.74) is 1.31. The maximum absolute atomic E-state index is 13.5. The van der Waals surface area contributed by atoms with E-state index < -0.39 is 5.97 Å². The Hall–Kier alpha value is -3.88. The number of benzene rings is 4. The van der Waals surface area contributed by atoms with Crippen molar-refractivity contribution >= 4 is 69.5 Å². The maximum Gasteiger partial charge on any atom is 0.345 e. The van der Waals surface area contributed by atoms with Crippen molar-refractivity contribution in [2.45, 2.75) is 6.92 Å². The van der Waals surface area contributed by atoms with Gasteiger partial charge in [-0.15, -0.1) is 0 Å². The van der Waals surface area contributed by atoms with E-state index in [0.29, 0.717) is 49.5 Å². The summed E-state index contributed by atoms with van der Waals surface area (Å²) >= 11 is 24.6. The molecule has 1 aromatic heterocycles. The summed E-state index contributed by atoms with van der Waals surface area (Å²) in [6, 6.07) is 21.2. The van der Waals surface area contributed by atoms with Gasteiger partial charge < -0.3 is 9.47 Å². The number of hydrogen-bond acceptors (Lipinski definition) is 6. The molecule has 11 heteroatoms. The largest absolute Gasteiger partial charge is 0.490 e. The molecular weight excluding hydrogens is 608 g/mol. The molecule has 0 radical (unpaired) electrons. The summed E-state index contributed by atoms with van der Waals surface area (Å²) in [5.74, 6) is 0.0346. The lowest BCUT2D eigenvalue weighted by atomic mass is 10.2. The second-order valence-electron chi connectivity index (χ2n) is 8.59. The molecular formula is C30H19Cl4N3O4. The van der Waals surface area contributed by atoms with Crippen LogP contribution in [-0.2, 0) is 0 Å². The number of carbonyl (C=O) groups excluding carboxylic acids is 1. The molecule has 0 aliphatic rings. The van der Waals surface area contributed by atoms with Crippen molar-refractivity contribution < 1.29 is 14.3 Å². The fraction of sp³-hybridized carbons (Fsp3) is 0.0667. The van der Waals surface area contributed by atoms with Crippen LogP contribution in [0.2, 0.25) is 20.1 Å². The Bertz CT molecular complexity index is 1890. The van der Waals surface area contributed by atoms with Crippen molar-refractivity contribution in [2.75, 3.05) is 6.61 Å². The third kappa shape index (κ3) is 6.24. The predicted molar refractivity (Wildman–Crippen MR) is 163 cm³/mol. The Morgan fingerprint density at radius 3 is 2.37 bits per heavy atom. The molecule has 5 rings (SSSR count). The number of aromatic nitrogens is 2. The van der Waals surface area contributed by atoms with E-state index in [1.165, 1.54) is 23.0 Å². The molecule has 1 heterocycles. The molecule has 0 N–H and O–H groups in total. The Morgan fingerprint density at radius 2 is 1.63 bits per heavy atom. The van der Waals surface area contributed by atoms with Crippen molar-refractivity contribution in [3.05, 3.63) is 120 Å². The summed E-state index contributed by atoms with van der Waals surface area (Å²) in [6.07, 6.45) is 1.47. The van der Waals surface area contributed by atoms with Crippen molar-refractivity contribution in [2.24, 2.45) is 5.10 Å². The molecule has 0 amide bonds. The molecule has 41 heavy (non-hydrogen) atoms. The minimum absolute atomic E-state index is 0.153. The zero-order valence-electron chi connectivity index (χ0n) is 21.3. The molecule has 0 unspecified atom stereocenters. The molecule has 0 saturated carbocycles. The fourth-order valence-electron chi connectivity index (χ4n) is 3.97. The smallest absolute Gasteiger partial charge is 0.345 e. The number of hydrogen-bond donors (Lipinski definition) is 0. The van der Waals surface area contributed by atoms with Crippen molar-refractivity contribution in [3.63, 3.8) is 0 Å². The molecule has 5 aromatic rings. The number of ether oxygens (including phenoxy) is 2. The molecule has 4 aromatic carbocycles. The molecule has 0 bridgehead atoms. The third-order valence-electron chi connectivity index (χ3n) is 5.87. The first-order chi connectivity index (χ1) is 19.7. The Kier molecular flexibility index (Phi) is 8.61. The lowest BCUT2D eigenvalue weighted by molar-refractivity contribution is 0.0728. The van der Waals surface area contributed by atoms with Gasteiger partial charge in [0.05, 0.1) is 39.3 Å². The van der Waals surface area contributed by atoms with Crippen molar-refractivity contribution in [1.29, 1.82) is 0 Å². The molecule has 0 fully saturated rings. The van der Waals surface area contributed by atoms with Gasteiger partial charge >= 0.3 is 5.97 Å². The average Bonchev–Trinajstić information content (AvgIpc) is 2.94. The SMILES string of the molecule is CCOc1cc(C=Nn2c(-c3ccc(Cl)cc3Cl)nc3ccccc3c2=O)ccc1OC(=O)c1ccc(Cl)cc1Cl. The number of carbonyl (C=O) groups is 1. The van der Waals surface area contributed by atoms with Gasteiger partial charge in [-0.25, -0.2) is 9.78 Å². The predicted octanol–water partition coefficient (Wildman–Crippen LogP) is 8.18. The molecule has 7 nitrogen and oxygen atoms in total. The van der Waals surface area contributed by atoms with Gasteiger partial charge in [0.2, 0.25) is 0 Å². The average molecular weight is 627 g/mol. The van der Waals surface area contributed by atoms with Gasteiger partial charge in [0, 0.05) is 15.6 Å². The fourth-order valence-corrected chi connectivity index (χ4v) is 4.95. The molecule has 0 saturated heterocycles. The second kappa shape index (κ2) is 12.3. The molecule has 0 spiro atoms. The highest BCUT2D eigenvalue weighted by atomic mass is 35.5. The van der Waals surface area contributed by atoms with Gasteiger partial charge in [0.25, 0.3) is 5.56 Å². The standard InChI is InChI=1S/C30H19Cl4N3O4/c1-2-40-27-13-17(7-12-26(27)41-30(39)21-11-9-19(32)15-24(21)34)16-35-37-28(20-10-8-18(31)14-23(20)33)36-25-6-4-3-5-22(25)29(37)38/h3-16H,2H2,1H3. The van der Waals surface area contributed by atoms with Crippen LogP contribution in [0.25, 0.3) is 22.3 Å². The van der Waals surface area contributed by atoms with E-state index in [4.69, 9.17) is 55.9 Å². The Morgan fingerprint density at radius 1 is 0.902 bits per heavy atom. The lowest BCUT2D eigenvalue weighted by Crippen LogP contribution is -2.20. The maximum atomic E-state index is 13.5. The van der Waals surface area contributed by atoms with Gasteiger partial charge in [-0.05, 0) is 79.2 Å². The number of para-hydroxylation sites is 1. The highest BCUT2D eigenvalue weighted by Gasteiger charge is 2.18. The van der Waals surface area contributed by atoms with Crippen LogP contribution in [0.4, 0.5) is 0 Å². The van der Waals surface area contributed by atoms with E-state index in [2.05, 4.69) is 10.1 Å². The lowest BCUT2D eigenvalue weighted by Gasteiger charge is -2.13. The summed E-state index contributed by atoms with van der Waals surface area (Å²) in [6.45, 7) is 2.10. The molecule has 206 valence electrons. The summed E-state index contributed by atoms with van der Waals surface area (Å²) < 4.78 is 12.5. The number of rotatable bonds is 7. The minimum Gasteiger partial charge on any atom is -0.490 e. The number of halogens is 4. The second-order valence-corrected chi connectivity index (χ2v) is 10.3. The van der Waals surface area contributed by atoms with Crippen molar-refractivity contribution in [3.8, 4) is 22.9 Å². The van der Waals surface area contributed by atoms with Crippen LogP contribution in [0.5, 0.6) is 11.5 Å². The van der Waals surface area contributed by atoms with Crippen LogP contribution < -0.4 is 15.0 Å². The topological polar surface area (TPSA) is 82.8 Å². The first kappa shape index (κ1) is 28.6. The highest BCUT2D eigenvalue weighted by Crippen LogP contribution is 2.32. The Labute approximate surface area is 254 Å². The van der Waals surface area contributed by atoms with Crippen molar-refractivity contribution in [1.82, 2.24) is 9.66 Å². The van der Waals surface area contributed by atoms with Crippen LogP contribution in [0.3, 0.4) is 0 Å². The molecule has 0 aliphatic carbocycles. The van der Waals surface area contributed by atoms with Gasteiger partial charge in [-0.3, -0.25) is 4.79 Å². The quantitative estimate of drug-likeness (QED) is 0.103. The van der Waals surface area contributed by atoms with E-state index in [9.17, 15) is 9.59 Å². The third-order valence-corrected chi connectivity index (χ3v) is 6.97. The van der Waals surface area contributed by atoms with Gasteiger partial charge in [0.15, 0.2) is 17.3 Å². The van der Waals surface area contributed by atoms with E-state index >= 15 is 0 Å². The number of fused-ring (bicyclic) bond motifs is 1. The van der Waals surface area contributed by atoms with Gasteiger partial charge in [-0.1, -0.05) is 58.5 Å². The summed E-state index contributed by atoms with van der Waals surface area (Å²) in [7, 11) is 0. The zero-order chi connectivity index (χ0) is 29.1. The summed E-state index contributed by atoms with van der Waals surface area (Å²) in [5, 5.41) is 6.16. The van der Waals surface area contributed by atoms with Crippen LogP contribution in [0.15, 0.2) is 88.8 Å². The monoisotopic (exact) mass is 625 g/mol. The molecule has 0 aliphatic heterocycles. The van der Waals surface area contributed by atoms with Gasteiger partial charge in [0.1, 0.15) is 0 Å². The first-order valence-electron chi connectivity index (χ1n) is 12.2. The van der Waals surface area contributed by atoms with Gasteiger partial charge in [-0.2, -0.15) is 9.78 Å². The zero-order valence-corrected chi connectivity index (χ0v) is 24.3. The molecule has 0 atom stereocenters. The normalized spacial score (nSPS) is 11.2. The first-order valence-corrected chi connectivity index (χ1v) is 13.7. The van der Waals surface area contributed by atoms with E-state index in [1.54, 1.807) is 73.7 Å². The van der Waals surface area contributed by atoms with Crippen LogP contribution in [0, 0.1) is 0 Å². The summed E-state index contributed by atoms with van der Waals surface area (Å²) in [4.78, 5) is 30.9. The minimum atomic E-state index is -0.674. The number of esters is 1. The van der Waals surface area contributed by atoms with E-state index in [0.717, 1.165) is 0 Å². The van der Waals surface area contributed by atoms with E-state index in [-0.39, 0.29) is 27.7 Å². The number of nitrogens with zero attached hydrogens (tertiary/aromatic N) is 3. The highest BCUT2D eigenvalue weighted by molar-refractivity contribution is 6.37. The Balaban J connectivity index is 1.53. The van der Waals surface area contributed by atoms with E-state index in [1.807, 2.05) is 0 Å². The van der Waals surface area contributed by atoms with Crippen LogP contribution in [0.1, 0.15) is 22.8 Å². The van der Waals surface area contributed by atoms with Crippen LogP contribution >= 0.6 is 46.4 Å².